The predicted octanol–water partition coefficient (Wildman–Crippen LogP) is 4.70. The SMILES string of the molecule is NC(=O)c1nc(Nc2ccc3ccccc3c2)sc1NC(=O)c1csc(Cn2ccnc2)c1. The van der Waals surface area contributed by atoms with E-state index in [0.717, 1.165) is 32.7 Å². The number of thiazole rings is 1. The lowest BCUT2D eigenvalue weighted by atomic mass is 10.1. The maximum atomic E-state index is 12.8. The Morgan fingerprint density at radius 3 is 2.73 bits per heavy atom. The Bertz CT molecular complexity index is 1450. The minimum absolute atomic E-state index is 0.0190. The first-order chi connectivity index (χ1) is 16.0. The van der Waals surface area contributed by atoms with Crippen molar-refractivity contribution in [3.05, 3.63) is 88.8 Å². The molecule has 2 aromatic carbocycles. The molecule has 3 aromatic heterocycles. The zero-order chi connectivity index (χ0) is 22.8. The van der Waals surface area contributed by atoms with Crippen molar-refractivity contribution in [1.29, 1.82) is 0 Å². The Labute approximate surface area is 196 Å². The van der Waals surface area contributed by atoms with Crippen LogP contribution >= 0.6 is 22.7 Å². The van der Waals surface area contributed by atoms with E-state index >= 15 is 0 Å². The molecule has 33 heavy (non-hydrogen) atoms. The van der Waals surface area contributed by atoms with Gasteiger partial charge in [0.2, 0.25) is 0 Å². The molecule has 5 aromatic rings. The minimum atomic E-state index is -0.709. The normalized spacial score (nSPS) is 10.9. The van der Waals surface area contributed by atoms with E-state index in [9.17, 15) is 9.59 Å². The van der Waals surface area contributed by atoms with Gasteiger partial charge >= 0.3 is 0 Å². The number of thiophene rings is 1. The molecule has 8 nitrogen and oxygen atoms in total. The van der Waals surface area contributed by atoms with Gasteiger partial charge in [-0.1, -0.05) is 41.7 Å². The van der Waals surface area contributed by atoms with Crippen LogP contribution in [0.25, 0.3) is 10.8 Å². The molecule has 10 heteroatoms. The van der Waals surface area contributed by atoms with E-state index in [2.05, 4.69) is 20.6 Å². The third kappa shape index (κ3) is 4.61. The fourth-order valence-electron chi connectivity index (χ4n) is 3.33. The summed E-state index contributed by atoms with van der Waals surface area (Å²) in [5.41, 5.74) is 6.85. The van der Waals surface area contributed by atoms with Crippen LogP contribution in [-0.2, 0) is 6.54 Å². The summed E-state index contributed by atoms with van der Waals surface area (Å²) in [6.07, 6.45) is 5.29. The van der Waals surface area contributed by atoms with Crippen LogP contribution in [0, 0.1) is 0 Å². The topological polar surface area (TPSA) is 115 Å². The van der Waals surface area contributed by atoms with Crippen LogP contribution in [-0.4, -0.2) is 26.3 Å². The summed E-state index contributed by atoms with van der Waals surface area (Å²) in [7, 11) is 0. The number of carbonyl (C=O) groups is 2. The highest BCUT2D eigenvalue weighted by Crippen LogP contribution is 2.32. The van der Waals surface area contributed by atoms with Gasteiger partial charge in [0, 0.05) is 28.3 Å². The molecule has 0 atom stereocenters. The van der Waals surface area contributed by atoms with Crippen LogP contribution in [0.2, 0.25) is 0 Å². The summed E-state index contributed by atoms with van der Waals surface area (Å²) in [6.45, 7) is 0.630. The Morgan fingerprint density at radius 2 is 1.94 bits per heavy atom. The maximum Gasteiger partial charge on any atom is 0.270 e. The number of nitrogens with two attached hydrogens (primary N) is 1. The first-order valence-corrected chi connectivity index (χ1v) is 11.7. The van der Waals surface area contributed by atoms with Gasteiger partial charge in [0.15, 0.2) is 10.8 Å². The summed E-state index contributed by atoms with van der Waals surface area (Å²) in [6, 6.07) is 15.8. The van der Waals surface area contributed by atoms with Gasteiger partial charge in [-0.15, -0.1) is 11.3 Å². The van der Waals surface area contributed by atoms with Crippen molar-refractivity contribution >= 4 is 61.1 Å². The summed E-state index contributed by atoms with van der Waals surface area (Å²) in [5, 5.41) is 10.7. The molecule has 0 fully saturated rings. The summed E-state index contributed by atoms with van der Waals surface area (Å²) in [5.74, 6) is -1.04. The summed E-state index contributed by atoms with van der Waals surface area (Å²) in [4.78, 5) is 34.1. The van der Waals surface area contributed by atoms with E-state index < -0.39 is 5.91 Å². The van der Waals surface area contributed by atoms with Crippen molar-refractivity contribution in [2.24, 2.45) is 5.73 Å². The molecule has 5 rings (SSSR count). The lowest BCUT2D eigenvalue weighted by Gasteiger charge is -2.04. The van der Waals surface area contributed by atoms with E-state index in [1.165, 1.54) is 11.3 Å². The number of fused-ring (bicyclic) bond motifs is 1. The average Bonchev–Trinajstić information content (AvgIpc) is 3.56. The van der Waals surface area contributed by atoms with Crippen LogP contribution in [0.3, 0.4) is 0 Å². The van der Waals surface area contributed by atoms with Gasteiger partial charge in [-0.05, 0) is 29.0 Å². The number of nitrogens with zero attached hydrogens (tertiary/aromatic N) is 3. The highest BCUT2D eigenvalue weighted by molar-refractivity contribution is 7.20. The summed E-state index contributed by atoms with van der Waals surface area (Å²) >= 11 is 2.64. The van der Waals surface area contributed by atoms with E-state index in [0.29, 0.717) is 22.2 Å². The number of imidazole rings is 1. The predicted molar refractivity (Wildman–Crippen MR) is 131 cm³/mol. The quantitative estimate of drug-likeness (QED) is 0.316. The minimum Gasteiger partial charge on any atom is -0.364 e. The van der Waals surface area contributed by atoms with Crippen molar-refractivity contribution in [3.8, 4) is 0 Å². The number of aromatic nitrogens is 3. The second-order valence-corrected chi connectivity index (χ2v) is 9.23. The van der Waals surface area contributed by atoms with Crippen molar-refractivity contribution in [3.63, 3.8) is 0 Å². The first-order valence-electron chi connectivity index (χ1n) is 9.96. The lowest BCUT2D eigenvalue weighted by molar-refractivity contribution is 0.0997. The van der Waals surface area contributed by atoms with E-state index in [-0.39, 0.29) is 11.6 Å². The fraction of sp³-hybridized carbons (Fsp3) is 0.0435. The number of rotatable bonds is 7. The molecular formula is C23H18N6O2S2. The molecule has 4 N–H and O–H groups in total. The largest absolute Gasteiger partial charge is 0.364 e. The van der Waals surface area contributed by atoms with Crippen LogP contribution in [0.5, 0.6) is 0 Å². The molecular weight excluding hydrogens is 456 g/mol. The van der Waals surface area contributed by atoms with Crippen LogP contribution in [0.15, 0.2) is 72.6 Å². The Hall–Kier alpha value is -4.02. The molecule has 0 aliphatic heterocycles. The lowest BCUT2D eigenvalue weighted by Crippen LogP contribution is -2.17. The van der Waals surface area contributed by atoms with Gasteiger partial charge in [-0.2, -0.15) is 0 Å². The van der Waals surface area contributed by atoms with Gasteiger partial charge in [0.1, 0.15) is 5.00 Å². The molecule has 0 aliphatic carbocycles. The Morgan fingerprint density at radius 1 is 1.09 bits per heavy atom. The van der Waals surface area contributed by atoms with Crippen molar-refractivity contribution in [2.75, 3.05) is 10.6 Å². The van der Waals surface area contributed by atoms with Gasteiger partial charge in [0.05, 0.1) is 18.4 Å². The monoisotopic (exact) mass is 474 g/mol. The van der Waals surface area contributed by atoms with Crippen molar-refractivity contribution < 1.29 is 9.59 Å². The van der Waals surface area contributed by atoms with E-state index in [1.807, 2.05) is 59.3 Å². The molecule has 0 unspecified atom stereocenters. The van der Waals surface area contributed by atoms with Crippen LogP contribution in [0.1, 0.15) is 25.7 Å². The Kier molecular flexibility index (Phi) is 5.59. The molecule has 2 amide bonds. The number of hydrogen-bond donors (Lipinski definition) is 3. The molecule has 0 saturated carbocycles. The smallest absolute Gasteiger partial charge is 0.270 e. The number of primary amides is 1. The van der Waals surface area contributed by atoms with Gasteiger partial charge in [0.25, 0.3) is 11.8 Å². The second kappa shape index (κ2) is 8.85. The van der Waals surface area contributed by atoms with Gasteiger partial charge < -0.3 is 20.9 Å². The van der Waals surface area contributed by atoms with Crippen molar-refractivity contribution in [1.82, 2.24) is 14.5 Å². The number of hydrogen-bond acceptors (Lipinski definition) is 7. The van der Waals surface area contributed by atoms with Gasteiger partial charge in [-0.25, -0.2) is 9.97 Å². The van der Waals surface area contributed by atoms with E-state index in [4.69, 9.17) is 5.73 Å². The number of benzene rings is 2. The molecule has 0 saturated heterocycles. The molecule has 0 bridgehead atoms. The van der Waals surface area contributed by atoms with Gasteiger partial charge in [-0.3, -0.25) is 9.59 Å². The number of nitrogens with one attached hydrogen (secondary N) is 2. The van der Waals surface area contributed by atoms with E-state index in [1.54, 1.807) is 17.9 Å². The summed E-state index contributed by atoms with van der Waals surface area (Å²) < 4.78 is 1.92. The molecule has 0 spiro atoms. The third-order valence-electron chi connectivity index (χ3n) is 4.90. The van der Waals surface area contributed by atoms with Crippen LogP contribution < -0.4 is 16.4 Å². The molecule has 0 radical (unpaired) electrons. The number of amides is 2. The second-order valence-electron chi connectivity index (χ2n) is 7.24. The van der Waals surface area contributed by atoms with Crippen LogP contribution in [0.4, 0.5) is 15.8 Å². The Balaban J connectivity index is 1.34. The average molecular weight is 475 g/mol. The standard InChI is InChI=1S/C23H18N6O2S2/c24-20(30)19-22(28-21(31)16-10-18(32-12-16)11-29-8-7-25-13-29)33-23(27-19)26-17-6-5-14-3-1-2-4-15(14)9-17/h1-10,12-13H,11H2,(H2,24,30)(H,26,27)(H,28,31). The highest BCUT2D eigenvalue weighted by atomic mass is 32.1. The zero-order valence-electron chi connectivity index (χ0n) is 17.2. The number of anilines is 3. The molecule has 164 valence electrons. The highest BCUT2D eigenvalue weighted by Gasteiger charge is 2.19. The maximum absolute atomic E-state index is 12.8. The number of carbonyl (C=O) groups excluding carboxylic acids is 2. The van der Waals surface area contributed by atoms with Crippen molar-refractivity contribution in [2.45, 2.75) is 6.54 Å². The third-order valence-corrected chi connectivity index (χ3v) is 6.71. The molecule has 3 heterocycles. The first kappa shape index (κ1) is 20.9. The molecule has 0 aliphatic rings. The fourth-order valence-corrected chi connectivity index (χ4v) is 5.09. The zero-order valence-corrected chi connectivity index (χ0v) is 18.8.